The lowest BCUT2D eigenvalue weighted by molar-refractivity contribution is -0.128. The summed E-state index contributed by atoms with van der Waals surface area (Å²) in [7, 11) is 4.15. The minimum absolute atomic E-state index is 0.196. The zero-order valence-corrected chi connectivity index (χ0v) is 9.94. The van der Waals surface area contributed by atoms with Gasteiger partial charge in [-0.25, -0.2) is 0 Å². The van der Waals surface area contributed by atoms with E-state index >= 15 is 0 Å². The molecule has 0 aromatic carbocycles. The molecule has 4 heteroatoms. The summed E-state index contributed by atoms with van der Waals surface area (Å²) in [5.74, 6) is 0.196. The van der Waals surface area contributed by atoms with Gasteiger partial charge in [-0.3, -0.25) is 9.69 Å². The highest BCUT2D eigenvalue weighted by Gasteiger charge is 2.16. The van der Waals surface area contributed by atoms with Crippen LogP contribution in [0.1, 0.15) is 19.8 Å². The van der Waals surface area contributed by atoms with Crippen molar-refractivity contribution in [1.29, 1.82) is 0 Å². The van der Waals surface area contributed by atoms with Gasteiger partial charge >= 0.3 is 0 Å². The monoisotopic (exact) mass is 211 g/mol. The normalized spacial score (nSPS) is 15.5. The fourth-order valence-corrected chi connectivity index (χ4v) is 1.57. The van der Waals surface area contributed by atoms with E-state index in [-0.39, 0.29) is 5.91 Å². The molecule has 1 aliphatic heterocycles. The van der Waals surface area contributed by atoms with Gasteiger partial charge in [0.25, 0.3) is 0 Å². The average Bonchev–Trinajstić information content (AvgIpc) is 2.65. The Balaban J connectivity index is 2.20. The van der Waals surface area contributed by atoms with Gasteiger partial charge in [0, 0.05) is 25.4 Å². The van der Waals surface area contributed by atoms with Gasteiger partial charge in [-0.05, 0) is 27.1 Å². The zero-order valence-electron chi connectivity index (χ0n) is 9.94. The van der Waals surface area contributed by atoms with E-state index in [1.165, 1.54) is 0 Å². The largest absolute Gasteiger partial charge is 0.358 e. The van der Waals surface area contributed by atoms with Crippen molar-refractivity contribution >= 4 is 5.91 Å². The maximum Gasteiger partial charge on any atom is 0.227 e. The maximum absolute atomic E-state index is 11.4. The first-order chi connectivity index (χ1) is 7.13. The van der Waals surface area contributed by atoms with E-state index in [2.05, 4.69) is 23.9 Å². The number of hydrogen-bond acceptors (Lipinski definition) is 3. The summed E-state index contributed by atoms with van der Waals surface area (Å²) in [4.78, 5) is 17.5. The van der Waals surface area contributed by atoms with Crippen LogP contribution in [0.4, 0.5) is 0 Å². The number of carbonyl (C=O) groups is 1. The second-order valence-electron chi connectivity index (χ2n) is 4.13. The van der Waals surface area contributed by atoms with Crippen LogP contribution in [0.5, 0.6) is 0 Å². The number of rotatable bonds is 5. The molecule has 0 saturated heterocycles. The van der Waals surface area contributed by atoms with Crippen molar-refractivity contribution < 1.29 is 4.79 Å². The average molecular weight is 211 g/mol. The van der Waals surface area contributed by atoms with E-state index in [1.807, 2.05) is 19.3 Å². The van der Waals surface area contributed by atoms with Crippen LogP contribution in [0.15, 0.2) is 12.4 Å². The summed E-state index contributed by atoms with van der Waals surface area (Å²) in [6.45, 7) is 4.72. The predicted molar refractivity (Wildman–Crippen MR) is 61.0 cm³/mol. The summed E-state index contributed by atoms with van der Waals surface area (Å²) in [5.41, 5.74) is 0. The van der Waals surface area contributed by atoms with Crippen molar-refractivity contribution in [3.63, 3.8) is 0 Å². The molecule has 0 aliphatic carbocycles. The molecule has 0 fully saturated rings. The highest BCUT2D eigenvalue weighted by atomic mass is 16.2. The van der Waals surface area contributed by atoms with Crippen LogP contribution in [0.25, 0.3) is 0 Å². The first-order valence-electron chi connectivity index (χ1n) is 5.50. The third kappa shape index (κ3) is 3.91. The molecule has 1 rings (SSSR count). The van der Waals surface area contributed by atoms with Crippen LogP contribution >= 0.6 is 0 Å². The van der Waals surface area contributed by atoms with Gasteiger partial charge in [-0.15, -0.1) is 0 Å². The fourth-order valence-electron chi connectivity index (χ4n) is 1.57. The van der Waals surface area contributed by atoms with Crippen molar-refractivity contribution in [2.24, 2.45) is 0 Å². The van der Waals surface area contributed by atoms with Crippen LogP contribution in [-0.4, -0.2) is 54.5 Å². The molecule has 1 amide bonds. The van der Waals surface area contributed by atoms with Crippen LogP contribution < -0.4 is 0 Å². The Morgan fingerprint density at radius 3 is 2.73 bits per heavy atom. The fraction of sp³-hybridized carbons (Fsp3) is 0.727. The lowest BCUT2D eigenvalue weighted by Crippen LogP contribution is -2.31. The summed E-state index contributed by atoms with van der Waals surface area (Å²) >= 11 is 0. The van der Waals surface area contributed by atoms with Crippen molar-refractivity contribution in [1.82, 2.24) is 14.7 Å². The van der Waals surface area contributed by atoms with E-state index in [1.54, 1.807) is 4.90 Å². The lowest BCUT2D eigenvalue weighted by Gasteiger charge is -2.20. The van der Waals surface area contributed by atoms with Crippen molar-refractivity contribution in [2.75, 3.05) is 33.9 Å². The predicted octanol–water partition coefficient (Wildman–Crippen LogP) is 0.921. The molecule has 0 saturated carbocycles. The van der Waals surface area contributed by atoms with Crippen molar-refractivity contribution in [3.05, 3.63) is 12.4 Å². The van der Waals surface area contributed by atoms with Gasteiger partial charge in [-0.2, -0.15) is 0 Å². The van der Waals surface area contributed by atoms with Crippen LogP contribution in [0, 0.1) is 0 Å². The van der Waals surface area contributed by atoms with Gasteiger partial charge in [0.05, 0.1) is 6.67 Å². The quantitative estimate of drug-likeness (QED) is 0.676. The van der Waals surface area contributed by atoms with Crippen molar-refractivity contribution in [2.45, 2.75) is 19.8 Å². The second-order valence-corrected chi connectivity index (χ2v) is 4.13. The Hall–Kier alpha value is -1.03. The molecule has 0 bridgehead atoms. The van der Waals surface area contributed by atoms with Gasteiger partial charge in [0.1, 0.15) is 0 Å². The van der Waals surface area contributed by atoms with E-state index in [9.17, 15) is 4.79 Å². The standard InChI is InChI=1S/C11H21N3O/c1-4-11(15)14-9-8-13(10-14)7-5-6-12(2)3/h8-9H,4-7,10H2,1-3H3. The highest BCUT2D eigenvalue weighted by Crippen LogP contribution is 2.08. The number of amides is 1. The second kappa shape index (κ2) is 5.75. The van der Waals surface area contributed by atoms with Gasteiger partial charge < -0.3 is 9.80 Å². The van der Waals surface area contributed by atoms with E-state index in [0.29, 0.717) is 6.42 Å². The Morgan fingerprint density at radius 1 is 1.40 bits per heavy atom. The maximum atomic E-state index is 11.4. The van der Waals surface area contributed by atoms with Crippen LogP contribution in [-0.2, 0) is 4.79 Å². The number of carbonyl (C=O) groups excluding carboxylic acids is 1. The SMILES string of the molecule is CCC(=O)N1C=CN(CCCN(C)C)C1. The molecule has 0 N–H and O–H groups in total. The van der Waals surface area contributed by atoms with Gasteiger partial charge in [0.15, 0.2) is 0 Å². The molecule has 0 aromatic rings. The Kier molecular flexibility index (Phi) is 4.62. The van der Waals surface area contributed by atoms with Gasteiger partial charge in [0.2, 0.25) is 5.91 Å². The third-order valence-corrected chi connectivity index (χ3v) is 2.46. The molecule has 0 spiro atoms. The molecule has 0 unspecified atom stereocenters. The molecule has 4 nitrogen and oxygen atoms in total. The molecule has 0 radical (unpaired) electrons. The molecule has 86 valence electrons. The minimum atomic E-state index is 0.196. The zero-order chi connectivity index (χ0) is 11.3. The Morgan fingerprint density at radius 2 is 2.13 bits per heavy atom. The third-order valence-electron chi connectivity index (χ3n) is 2.46. The first kappa shape index (κ1) is 12.0. The molecule has 15 heavy (non-hydrogen) atoms. The molecule has 0 aromatic heterocycles. The van der Waals surface area contributed by atoms with E-state index in [4.69, 9.17) is 0 Å². The summed E-state index contributed by atoms with van der Waals surface area (Å²) in [5, 5.41) is 0. The number of hydrogen-bond donors (Lipinski definition) is 0. The Bertz CT molecular complexity index is 238. The number of nitrogens with zero attached hydrogens (tertiary/aromatic N) is 3. The van der Waals surface area contributed by atoms with Crippen LogP contribution in [0.3, 0.4) is 0 Å². The first-order valence-corrected chi connectivity index (χ1v) is 5.50. The topological polar surface area (TPSA) is 26.8 Å². The summed E-state index contributed by atoms with van der Waals surface area (Å²) in [6, 6.07) is 0. The van der Waals surface area contributed by atoms with Crippen LogP contribution in [0.2, 0.25) is 0 Å². The molecule has 1 heterocycles. The van der Waals surface area contributed by atoms with Crippen molar-refractivity contribution in [3.8, 4) is 0 Å². The summed E-state index contributed by atoms with van der Waals surface area (Å²) in [6.07, 6.45) is 5.59. The molecule has 0 atom stereocenters. The summed E-state index contributed by atoms with van der Waals surface area (Å²) < 4.78 is 0. The molecule has 1 aliphatic rings. The lowest BCUT2D eigenvalue weighted by atomic mass is 10.4. The smallest absolute Gasteiger partial charge is 0.227 e. The van der Waals surface area contributed by atoms with E-state index in [0.717, 1.165) is 26.2 Å². The Labute approximate surface area is 92.1 Å². The minimum Gasteiger partial charge on any atom is -0.358 e. The van der Waals surface area contributed by atoms with E-state index < -0.39 is 0 Å². The highest BCUT2D eigenvalue weighted by molar-refractivity contribution is 5.77. The molecular formula is C11H21N3O. The molecular weight excluding hydrogens is 190 g/mol. The van der Waals surface area contributed by atoms with Gasteiger partial charge in [-0.1, -0.05) is 6.92 Å².